The molecule has 4 rings (SSSR count). The van der Waals surface area contributed by atoms with Crippen LogP contribution in [0.3, 0.4) is 0 Å². The Bertz CT molecular complexity index is 1300. The lowest BCUT2D eigenvalue weighted by molar-refractivity contribution is -0.146. The fourth-order valence-corrected chi connectivity index (χ4v) is 5.22. The second kappa shape index (κ2) is 11.9. The highest BCUT2D eigenvalue weighted by Gasteiger charge is 2.34. The minimum Gasteiger partial charge on any atom is -0.497 e. The van der Waals surface area contributed by atoms with Gasteiger partial charge in [-0.3, -0.25) is 14.7 Å². The molecule has 1 aliphatic rings. The number of methoxy groups -OCH3 is 1. The number of carboxylic acids is 1. The first-order valence-corrected chi connectivity index (χ1v) is 12.6. The molecule has 1 fully saturated rings. The number of benzene rings is 2. The summed E-state index contributed by atoms with van der Waals surface area (Å²) in [6.45, 7) is 1.64. The van der Waals surface area contributed by atoms with E-state index in [-0.39, 0.29) is 5.92 Å². The van der Waals surface area contributed by atoms with Crippen LogP contribution in [0.1, 0.15) is 36.5 Å². The minimum atomic E-state index is -0.813. The van der Waals surface area contributed by atoms with Gasteiger partial charge in [0.1, 0.15) is 5.75 Å². The fraction of sp³-hybridized carbons (Fsp3) is 0.357. The van der Waals surface area contributed by atoms with Crippen molar-refractivity contribution in [2.24, 2.45) is 11.8 Å². The monoisotopic (exact) mass is 526 g/mol. The van der Waals surface area contributed by atoms with Crippen molar-refractivity contribution in [3.63, 3.8) is 0 Å². The van der Waals surface area contributed by atoms with Gasteiger partial charge in [-0.05, 0) is 79.8 Å². The minimum absolute atomic E-state index is 0.0188. The van der Waals surface area contributed by atoms with Gasteiger partial charge in [-0.2, -0.15) is 0 Å². The Hall–Kier alpha value is -2.82. The highest BCUT2D eigenvalue weighted by Crippen LogP contribution is 2.33. The largest absolute Gasteiger partial charge is 0.497 e. The Morgan fingerprint density at radius 3 is 2.83 bits per heavy atom. The SMILES string of the molecule is COc1ccc2nccc(C(O)CC[C@@H]3CCN(CC#Cc4ccc(Cl)cc4Cl)C[C@@H]3C(=O)O)c2c1. The van der Waals surface area contributed by atoms with Crippen LogP contribution in [0.15, 0.2) is 48.7 Å². The number of piperidine rings is 1. The predicted octanol–water partition coefficient (Wildman–Crippen LogP) is 5.44. The molecule has 0 amide bonds. The van der Waals surface area contributed by atoms with E-state index in [0.717, 1.165) is 29.4 Å². The number of carbonyl (C=O) groups is 1. The smallest absolute Gasteiger partial charge is 0.308 e. The van der Waals surface area contributed by atoms with Gasteiger partial charge in [-0.15, -0.1) is 0 Å². The van der Waals surface area contributed by atoms with E-state index in [4.69, 9.17) is 27.9 Å². The lowest BCUT2D eigenvalue weighted by Gasteiger charge is -2.36. The van der Waals surface area contributed by atoms with Crippen molar-refractivity contribution in [2.75, 3.05) is 26.7 Å². The summed E-state index contributed by atoms with van der Waals surface area (Å²) < 4.78 is 5.33. The first-order chi connectivity index (χ1) is 17.4. The van der Waals surface area contributed by atoms with Crippen LogP contribution >= 0.6 is 23.2 Å². The predicted molar refractivity (Wildman–Crippen MR) is 142 cm³/mol. The van der Waals surface area contributed by atoms with E-state index in [1.54, 1.807) is 31.5 Å². The van der Waals surface area contributed by atoms with Crippen molar-refractivity contribution in [1.82, 2.24) is 9.88 Å². The zero-order valence-corrected chi connectivity index (χ0v) is 21.5. The van der Waals surface area contributed by atoms with E-state index in [2.05, 4.69) is 21.7 Å². The Kier molecular flexibility index (Phi) is 8.71. The van der Waals surface area contributed by atoms with Gasteiger partial charge in [0.05, 0.1) is 36.2 Å². The molecule has 0 saturated carbocycles. The number of aromatic nitrogens is 1. The molecule has 0 aliphatic carbocycles. The number of likely N-dealkylation sites (tertiary alicyclic amines) is 1. The van der Waals surface area contributed by atoms with Crippen molar-refractivity contribution in [1.29, 1.82) is 0 Å². The summed E-state index contributed by atoms with van der Waals surface area (Å²) in [4.78, 5) is 18.5. The van der Waals surface area contributed by atoms with E-state index in [1.165, 1.54) is 0 Å². The fourth-order valence-electron chi connectivity index (χ4n) is 4.77. The lowest BCUT2D eigenvalue weighted by atomic mass is 9.81. The molecule has 3 aromatic rings. The van der Waals surface area contributed by atoms with Crippen LogP contribution in [0.4, 0.5) is 0 Å². The molecule has 0 bridgehead atoms. The van der Waals surface area contributed by atoms with Crippen LogP contribution in [0, 0.1) is 23.7 Å². The van der Waals surface area contributed by atoms with Crippen LogP contribution in [-0.4, -0.2) is 52.8 Å². The molecule has 8 heteroatoms. The summed E-state index contributed by atoms with van der Waals surface area (Å²) >= 11 is 12.1. The number of halogens is 2. The molecule has 188 valence electrons. The van der Waals surface area contributed by atoms with Gasteiger partial charge >= 0.3 is 5.97 Å². The molecular formula is C28H28Cl2N2O4. The summed E-state index contributed by atoms with van der Waals surface area (Å²) in [6, 6.07) is 12.6. The van der Waals surface area contributed by atoms with E-state index in [9.17, 15) is 15.0 Å². The average molecular weight is 527 g/mol. The van der Waals surface area contributed by atoms with Gasteiger partial charge in [0.25, 0.3) is 0 Å². The van der Waals surface area contributed by atoms with Gasteiger partial charge in [-0.1, -0.05) is 35.0 Å². The Morgan fingerprint density at radius 1 is 1.25 bits per heavy atom. The number of pyridine rings is 1. The summed E-state index contributed by atoms with van der Waals surface area (Å²) in [5.74, 6) is 5.50. The van der Waals surface area contributed by atoms with Crippen LogP contribution in [0.25, 0.3) is 10.9 Å². The van der Waals surface area contributed by atoms with Crippen molar-refractivity contribution < 1.29 is 19.7 Å². The second-order valence-corrected chi connectivity index (χ2v) is 9.87. The number of aliphatic carboxylic acids is 1. The average Bonchev–Trinajstić information content (AvgIpc) is 2.88. The first-order valence-electron chi connectivity index (χ1n) is 11.9. The third kappa shape index (κ3) is 6.29. The molecule has 1 aromatic heterocycles. The maximum Gasteiger partial charge on any atom is 0.308 e. The number of carboxylic acid groups (broad SMARTS) is 1. The standard InChI is InChI=1S/C28H28Cl2N2O4/c1-36-21-7-8-26-23(16-21)22(10-12-31-26)27(33)9-5-18-11-14-32(17-24(18)28(34)35)13-2-3-19-4-6-20(29)15-25(19)30/h4,6-8,10,12,15-16,18,24,27,33H,5,9,11,13-14,17H2,1H3,(H,34,35)/t18-,24+,27?/m1/s1. The third-order valence-electron chi connectivity index (χ3n) is 6.77. The summed E-state index contributed by atoms with van der Waals surface area (Å²) in [6.07, 6.45) is 2.79. The van der Waals surface area contributed by atoms with Crippen LogP contribution in [0.2, 0.25) is 10.0 Å². The molecule has 2 N–H and O–H groups in total. The Morgan fingerprint density at radius 2 is 2.08 bits per heavy atom. The van der Waals surface area contributed by atoms with E-state index >= 15 is 0 Å². The maximum absolute atomic E-state index is 12.1. The van der Waals surface area contributed by atoms with Crippen molar-refractivity contribution in [2.45, 2.75) is 25.4 Å². The number of rotatable bonds is 7. The zero-order valence-electron chi connectivity index (χ0n) is 20.0. The molecule has 36 heavy (non-hydrogen) atoms. The highest BCUT2D eigenvalue weighted by molar-refractivity contribution is 6.35. The number of aliphatic hydroxyl groups is 1. The molecule has 1 unspecified atom stereocenters. The van der Waals surface area contributed by atoms with Gasteiger partial charge in [-0.25, -0.2) is 0 Å². The van der Waals surface area contributed by atoms with E-state index < -0.39 is 18.0 Å². The van der Waals surface area contributed by atoms with E-state index in [0.29, 0.717) is 47.3 Å². The molecule has 1 saturated heterocycles. The number of ether oxygens (including phenoxy) is 1. The molecule has 3 atom stereocenters. The number of aliphatic hydroxyl groups excluding tert-OH is 1. The summed E-state index contributed by atoms with van der Waals surface area (Å²) in [5.41, 5.74) is 2.25. The maximum atomic E-state index is 12.1. The molecular weight excluding hydrogens is 499 g/mol. The first kappa shape index (κ1) is 26.2. The number of nitrogens with zero attached hydrogens (tertiary/aromatic N) is 2. The quantitative estimate of drug-likeness (QED) is 0.399. The van der Waals surface area contributed by atoms with Gasteiger partial charge in [0.2, 0.25) is 0 Å². The van der Waals surface area contributed by atoms with Crippen molar-refractivity contribution >= 4 is 40.1 Å². The zero-order chi connectivity index (χ0) is 25.7. The Labute approximate surface area is 220 Å². The van der Waals surface area contributed by atoms with Crippen molar-refractivity contribution in [3.8, 4) is 17.6 Å². The summed E-state index contributed by atoms with van der Waals surface area (Å²) in [7, 11) is 1.60. The summed E-state index contributed by atoms with van der Waals surface area (Å²) in [5, 5.41) is 22.8. The molecule has 0 spiro atoms. The van der Waals surface area contributed by atoms with Gasteiger partial charge < -0.3 is 14.9 Å². The molecule has 1 aliphatic heterocycles. The molecule has 2 heterocycles. The third-order valence-corrected chi connectivity index (χ3v) is 7.31. The molecule has 0 radical (unpaired) electrons. The normalized spacial score (nSPS) is 18.9. The second-order valence-electron chi connectivity index (χ2n) is 9.03. The van der Waals surface area contributed by atoms with Crippen LogP contribution in [0.5, 0.6) is 5.75 Å². The Balaban J connectivity index is 1.38. The van der Waals surface area contributed by atoms with Crippen LogP contribution < -0.4 is 4.74 Å². The van der Waals surface area contributed by atoms with Gasteiger partial charge in [0.15, 0.2) is 0 Å². The topological polar surface area (TPSA) is 82.9 Å². The highest BCUT2D eigenvalue weighted by atomic mass is 35.5. The van der Waals surface area contributed by atoms with Crippen molar-refractivity contribution in [3.05, 3.63) is 69.8 Å². The number of hydrogen-bond acceptors (Lipinski definition) is 5. The number of hydrogen-bond donors (Lipinski definition) is 2. The van der Waals surface area contributed by atoms with Gasteiger partial charge in [0, 0.05) is 28.7 Å². The van der Waals surface area contributed by atoms with E-state index in [1.807, 2.05) is 24.3 Å². The number of fused-ring (bicyclic) bond motifs is 1. The molecule has 2 aromatic carbocycles. The molecule has 6 nitrogen and oxygen atoms in total. The lowest BCUT2D eigenvalue weighted by Crippen LogP contribution is -2.44. The van der Waals surface area contributed by atoms with Crippen LogP contribution in [-0.2, 0) is 4.79 Å².